The van der Waals surface area contributed by atoms with Gasteiger partial charge in [0.15, 0.2) is 17.9 Å². The van der Waals surface area contributed by atoms with Crippen molar-refractivity contribution in [2.45, 2.75) is 81.6 Å². The lowest BCUT2D eigenvalue weighted by Gasteiger charge is -2.35. The van der Waals surface area contributed by atoms with E-state index in [1.807, 2.05) is 58.0 Å². The molecule has 3 fully saturated rings. The minimum atomic E-state index is -1.46. The second-order valence-electron chi connectivity index (χ2n) is 8.90. The van der Waals surface area contributed by atoms with E-state index in [1.165, 1.54) is 0 Å². The topological polar surface area (TPSA) is 91.1 Å². The van der Waals surface area contributed by atoms with Gasteiger partial charge in [-0.1, -0.05) is 30.3 Å². The monoisotopic (exact) mass is 390 g/mol. The third-order valence-corrected chi connectivity index (χ3v) is 5.86. The van der Waals surface area contributed by atoms with Crippen LogP contribution in [0.5, 0.6) is 0 Å². The van der Waals surface area contributed by atoms with Crippen molar-refractivity contribution < 1.29 is 28.8 Å². The van der Waals surface area contributed by atoms with Crippen molar-refractivity contribution >= 4 is 0 Å². The summed E-state index contributed by atoms with van der Waals surface area (Å²) in [5, 5.41) is 20.2. The van der Waals surface area contributed by atoms with Gasteiger partial charge in [-0.2, -0.15) is 10.2 Å². The second kappa shape index (κ2) is 5.81. The van der Waals surface area contributed by atoms with E-state index in [-0.39, 0.29) is 12.5 Å². The Morgan fingerprint density at radius 2 is 1.68 bits per heavy atom. The maximum Gasteiger partial charge on any atom is 0.204 e. The Morgan fingerprint density at radius 3 is 2.36 bits per heavy atom. The van der Waals surface area contributed by atoms with Gasteiger partial charge in [0.1, 0.15) is 23.9 Å². The van der Waals surface area contributed by atoms with E-state index in [1.54, 1.807) is 0 Å². The molecule has 4 aliphatic heterocycles. The van der Waals surface area contributed by atoms with Gasteiger partial charge in [0.25, 0.3) is 0 Å². The molecule has 0 bridgehead atoms. The predicted octanol–water partition coefficient (Wildman–Crippen LogP) is 2.45. The number of nitrogens with zero attached hydrogens (tertiary/aromatic N) is 2. The van der Waals surface area contributed by atoms with Crippen molar-refractivity contribution in [2.24, 2.45) is 10.2 Å². The zero-order chi connectivity index (χ0) is 19.8. The van der Waals surface area contributed by atoms with Crippen molar-refractivity contribution in [3.8, 4) is 0 Å². The van der Waals surface area contributed by atoms with Crippen LogP contribution >= 0.6 is 0 Å². The van der Waals surface area contributed by atoms with Crippen molar-refractivity contribution in [2.75, 3.05) is 6.61 Å². The quantitative estimate of drug-likeness (QED) is 0.834. The summed E-state index contributed by atoms with van der Waals surface area (Å²) in [6, 6.07) is 9.32. The molecule has 0 radical (unpaired) electrons. The summed E-state index contributed by atoms with van der Waals surface area (Å²) in [6.07, 6.45) is -1.77. The van der Waals surface area contributed by atoms with Crippen LogP contribution in [-0.2, 0) is 29.4 Å². The summed E-state index contributed by atoms with van der Waals surface area (Å²) in [6.45, 7) is 7.77. The van der Waals surface area contributed by atoms with Crippen molar-refractivity contribution in [1.29, 1.82) is 0 Å². The lowest BCUT2D eigenvalue weighted by molar-refractivity contribution is -0.230. The number of hydrogen-bond acceptors (Lipinski definition) is 8. The van der Waals surface area contributed by atoms with Gasteiger partial charge in [0.2, 0.25) is 5.72 Å². The summed E-state index contributed by atoms with van der Waals surface area (Å²) < 4.78 is 30.2. The average molecular weight is 390 g/mol. The summed E-state index contributed by atoms with van der Waals surface area (Å²) in [5.41, 5.74) is -1.71. The average Bonchev–Trinajstić information content (AvgIpc) is 3.33. The first kappa shape index (κ1) is 18.6. The molecule has 5 rings (SSSR count). The molecule has 0 aromatic heterocycles. The molecule has 8 heteroatoms. The molecule has 1 spiro atoms. The van der Waals surface area contributed by atoms with Crippen LogP contribution in [-0.4, -0.2) is 53.4 Å². The SMILES string of the molecule is CC1(C)OC[C@H]([C@H]2O[C@@H]3OC(C)(C)O[C@@H]3[C@@]23C[C@](O)(c2ccccc2)N=N3)O1. The lowest BCUT2D eigenvalue weighted by atomic mass is 9.79. The number of rotatable bonds is 2. The normalized spacial score (nSPS) is 45.8. The number of azo groups is 1. The van der Waals surface area contributed by atoms with E-state index in [0.717, 1.165) is 0 Å². The maximum absolute atomic E-state index is 11.3. The van der Waals surface area contributed by atoms with E-state index in [4.69, 9.17) is 23.7 Å². The highest BCUT2D eigenvalue weighted by molar-refractivity contribution is 5.27. The first-order valence-corrected chi connectivity index (χ1v) is 9.67. The van der Waals surface area contributed by atoms with Crippen molar-refractivity contribution in [3.63, 3.8) is 0 Å². The zero-order valence-corrected chi connectivity index (χ0v) is 16.5. The van der Waals surface area contributed by atoms with Crippen LogP contribution in [0.3, 0.4) is 0 Å². The van der Waals surface area contributed by atoms with E-state index in [2.05, 4.69) is 10.2 Å². The summed E-state index contributed by atoms with van der Waals surface area (Å²) in [5.74, 6) is -1.51. The smallest absolute Gasteiger partial charge is 0.204 e. The summed E-state index contributed by atoms with van der Waals surface area (Å²) in [7, 11) is 0. The molecule has 4 heterocycles. The van der Waals surface area contributed by atoms with Crippen LogP contribution in [0.25, 0.3) is 0 Å². The first-order chi connectivity index (χ1) is 13.1. The van der Waals surface area contributed by atoms with Crippen LogP contribution < -0.4 is 0 Å². The molecule has 28 heavy (non-hydrogen) atoms. The maximum atomic E-state index is 11.3. The molecule has 1 N–H and O–H groups in total. The second-order valence-corrected chi connectivity index (χ2v) is 8.90. The van der Waals surface area contributed by atoms with E-state index < -0.39 is 41.3 Å². The Balaban J connectivity index is 1.51. The fourth-order valence-electron chi connectivity index (χ4n) is 4.69. The van der Waals surface area contributed by atoms with Crippen molar-refractivity contribution in [3.05, 3.63) is 35.9 Å². The zero-order valence-electron chi connectivity index (χ0n) is 16.5. The number of aliphatic hydroxyl groups is 1. The molecule has 0 aliphatic carbocycles. The van der Waals surface area contributed by atoms with Gasteiger partial charge in [0, 0.05) is 12.0 Å². The van der Waals surface area contributed by atoms with Crippen molar-refractivity contribution in [1.82, 2.24) is 0 Å². The van der Waals surface area contributed by atoms with E-state index >= 15 is 0 Å². The lowest BCUT2D eigenvalue weighted by Crippen LogP contribution is -2.53. The highest BCUT2D eigenvalue weighted by Crippen LogP contribution is 2.55. The van der Waals surface area contributed by atoms with Gasteiger partial charge in [-0.25, -0.2) is 0 Å². The third-order valence-electron chi connectivity index (χ3n) is 5.86. The largest absolute Gasteiger partial charge is 0.364 e. The van der Waals surface area contributed by atoms with Crippen LogP contribution in [0.2, 0.25) is 0 Å². The number of fused-ring (bicyclic) bond motifs is 2. The van der Waals surface area contributed by atoms with Gasteiger partial charge >= 0.3 is 0 Å². The molecular formula is C20H26N2O6. The number of ether oxygens (including phenoxy) is 5. The molecule has 8 nitrogen and oxygen atoms in total. The third kappa shape index (κ3) is 2.74. The molecule has 1 aromatic rings. The summed E-state index contributed by atoms with van der Waals surface area (Å²) in [4.78, 5) is 0. The molecule has 0 unspecified atom stereocenters. The minimum absolute atomic E-state index is 0.218. The summed E-state index contributed by atoms with van der Waals surface area (Å²) >= 11 is 0. The fourth-order valence-corrected chi connectivity index (χ4v) is 4.69. The Kier molecular flexibility index (Phi) is 3.86. The predicted molar refractivity (Wildman–Crippen MR) is 96.1 cm³/mol. The molecule has 152 valence electrons. The van der Waals surface area contributed by atoms with E-state index in [0.29, 0.717) is 12.2 Å². The van der Waals surface area contributed by atoms with Gasteiger partial charge < -0.3 is 28.8 Å². The molecule has 1 aromatic carbocycles. The molecule has 4 aliphatic rings. The molecule has 0 amide bonds. The number of hydrogen-bond donors (Lipinski definition) is 1. The number of benzene rings is 1. The Hall–Kier alpha value is -1.42. The van der Waals surface area contributed by atoms with Crippen LogP contribution in [0.4, 0.5) is 0 Å². The molecular weight excluding hydrogens is 364 g/mol. The Morgan fingerprint density at radius 1 is 0.929 bits per heavy atom. The fraction of sp³-hybridized carbons (Fsp3) is 0.700. The van der Waals surface area contributed by atoms with Gasteiger partial charge in [-0.3, -0.25) is 0 Å². The minimum Gasteiger partial charge on any atom is -0.364 e. The van der Waals surface area contributed by atoms with Crippen LogP contribution in [0.1, 0.15) is 39.7 Å². The Bertz CT molecular complexity index is 799. The highest BCUT2D eigenvalue weighted by atomic mass is 16.8. The van der Waals surface area contributed by atoms with Gasteiger partial charge in [0.05, 0.1) is 6.61 Å². The van der Waals surface area contributed by atoms with E-state index in [9.17, 15) is 5.11 Å². The van der Waals surface area contributed by atoms with Crippen LogP contribution in [0, 0.1) is 0 Å². The van der Waals surface area contributed by atoms with Gasteiger partial charge in [-0.15, -0.1) is 0 Å². The first-order valence-electron chi connectivity index (χ1n) is 9.67. The molecule has 0 saturated carbocycles. The molecule has 6 atom stereocenters. The highest BCUT2D eigenvalue weighted by Gasteiger charge is 2.70. The Labute approximate surface area is 163 Å². The standard InChI is InChI=1S/C20H26N2O6/c1-17(2)24-10-13(26-17)14-19(15-16(25-14)28-18(3,4)27-15)11-20(23,22-21-19)12-8-6-5-7-9-12/h5-9,13-16,23H,10-11H2,1-4H3/t13-,14-,15+,16-,19-,20+/m1/s1. The van der Waals surface area contributed by atoms with Gasteiger partial charge in [-0.05, 0) is 27.7 Å². The van der Waals surface area contributed by atoms with Crippen LogP contribution in [0.15, 0.2) is 40.6 Å². The molecule has 3 saturated heterocycles.